The van der Waals surface area contributed by atoms with E-state index in [9.17, 15) is 24.6 Å². The van der Waals surface area contributed by atoms with E-state index in [0.717, 1.165) is 4.57 Å². The number of aromatic nitrogens is 1. The zero-order valence-corrected chi connectivity index (χ0v) is 14.9. The first-order valence-electron chi connectivity index (χ1n) is 8.17. The third-order valence-electron chi connectivity index (χ3n) is 4.60. The normalized spacial score (nSPS) is 12.6. The molecule has 0 saturated heterocycles. The minimum absolute atomic E-state index is 0.0362. The van der Waals surface area contributed by atoms with Crippen LogP contribution in [0.25, 0.3) is 5.69 Å². The summed E-state index contributed by atoms with van der Waals surface area (Å²) < 4.78 is 0.902. The average molecular weight is 398 g/mol. The SMILES string of the molecule is O=C(O)Cc1ccc(-n2c(O)c3c(c2O)C(=O)c2ccccc2C3=O)c(Cl)c1. The minimum Gasteiger partial charge on any atom is -0.494 e. The Labute approximate surface area is 163 Å². The lowest BCUT2D eigenvalue weighted by molar-refractivity contribution is -0.136. The minimum atomic E-state index is -1.04. The first-order valence-corrected chi connectivity index (χ1v) is 8.54. The van der Waals surface area contributed by atoms with E-state index in [1.54, 1.807) is 12.1 Å². The quantitative estimate of drug-likeness (QED) is 0.489. The fourth-order valence-electron chi connectivity index (χ4n) is 3.37. The second-order valence-corrected chi connectivity index (χ2v) is 6.70. The van der Waals surface area contributed by atoms with Gasteiger partial charge in [0.2, 0.25) is 11.8 Å². The van der Waals surface area contributed by atoms with Gasteiger partial charge in [0.1, 0.15) is 0 Å². The average Bonchev–Trinajstić information content (AvgIpc) is 2.91. The van der Waals surface area contributed by atoms with Crippen molar-refractivity contribution in [3.8, 4) is 17.4 Å². The highest BCUT2D eigenvalue weighted by Crippen LogP contribution is 2.43. The highest BCUT2D eigenvalue weighted by atomic mass is 35.5. The zero-order valence-electron chi connectivity index (χ0n) is 14.1. The van der Waals surface area contributed by atoms with Crippen LogP contribution in [0.4, 0.5) is 0 Å². The van der Waals surface area contributed by atoms with Crippen molar-refractivity contribution in [2.75, 3.05) is 0 Å². The number of benzene rings is 2. The van der Waals surface area contributed by atoms with Crippen LogP contribution in [0, 0.1) is 0 Å². The molecule has 0 amide bonds. The number of carbonyl (C=O) groups excluding carboxylic acids is 2. The first-order chi connectivity index (χ1) is 13.3. The predicted molar refractivity (Wildman–Crippen MR) is 98.8 cm³/mol. The molecule has 0 atom stereocenters. The van der Waals surface area contributed by atoms with E-state index in [1.807, 2.05) is 0 Å². The Hall–Kier alpha value is -3.58. The summed E-state index contributed by atoms with van der Waals surface area (Å²) in [6, 6.07) is 10.4. The molecule has 7 nitrogen and oxygen atoms in total. The highest BCUT2D eigenvalue weighted by Gasteiger charge is 2.39. The molecule has 8 heteroatoms. The summed E-state index contributed by atoms with van der Waals surface area (Å²) >= 11 is 6.21. The van der Waals surface area contributed by atoms with Gasteiger partial charge < -0.3 is 15.3 Å². The Morgan fingerprint density at radius 2 is 1.46 bits per heavy atom. The van der Waals surface area contributed by atoms with Gasteiger partial charge in [0, 0.05) is 11.1 Å². The summed E-state index contributed by atoms with van der Waals surface area (Å²) in [7, 11) is 0. The number of hydrogen-bond donors (Lipinski definition) is 3. The summed E-state index contributed by atoms with van der Waals surface area (Å²) in [6.45, 7) is 0. The molecule has 1 aromatic heterocycles. The molecule has 0 spiro atoms. The molecule has 1 aliphatic carbocycles. The molecule has 0 radical (unpaired) electrons. The van der Waals surface area contributed by atoms with Gasteiger partial charge in [0.05, 0.1) is 28.3 Å². The molecule has 140 valence electrons. The monoisotopic (exact) mass is 397 g/mol. The summed E-state index contributed by atoms with van der Waals surface area (Å²) in [6.07, 6.45) is -0.258. The molecule has 1 heterocycles. The largest absolute Gasteiger partial charge is 0.494 e. The number of aliphatic carboxylic acids is 1. The third-order valence-corrected chi connectivity index (χ3v) is 4.90. The molecule has 3 N–H and O–H groups in total. The van der Waals surface area contributed by atoms with Crippen LogP contribution in [0.3, 0.4) is 0 Å². The van der Waals surface area contributed by atoms with Gasteiger partial charge in [0.25, 0.3) is 0 Å². The first kappa shape index (κ1) is 17.8. The van der Waals surface area contributed by atoms with Gasteiger partial charge in [-0.05, 0) is 17.7 Å². The van der Waals surface area contributed by atoms with Crippen molar-refractivity contribution in [3.05, 3.63) is 75.3 Å². The summed E-state index contributed by atoms with van der Waals surface area (Å²) in [4.78, 5) is 36.4. The summed E-state index contributed by atoms with van der Waals surface area (Å²) in [5.41, 5.74) is 0.186. The van der Waals surface area contributed by atoms with Gasteiger partial charge in [-0.1, -0.05) is 41.9 Å². The van der Waals surface area contributed by atoms with Crippen molar-refractivity contribution in [1.82, 2.24) is 4.57 Å². The number of aromatic hydroxyl groups is 2. The van der Waals surface area contributed by atoms with Gasteiger partial charge >= 0.3 is 5.97 Å². The number of hydrogen-bond acceptors (Lipinski definition) is 5. The van der Waals surface area contributed by atoms with Crippen LogP contribution in [-0.2, 0) is 11.2 Å². The Bertz CT molecular complexity index is 1140. The Morgan fingerprint density at radius 3 is 1.93 bits per heavy atom. The van der Waals surface area contributed by atoms with Gasteiger partial charge in [-0.2, -0.15) is 0 Å². The van der Waals surface area contributed by atoms with Crippen molar-refractivity contribution in [2.45, 2.75) is 6.42 Å². The number of halogens is 1. The number of carboxylic acids is 1. The van der Waals surface area contributed by atoms with Crippen LogP contribution in [0.5, 0.6) is 11.8 Å². The summed E-state index contributed by atoms with van der Waals surface area (Å²) in [5, 5.41) is 30.2. The molecule has 4 rings (SSSR count). The van der Waals surface area contributed by atoms with Gasteiger partial charge in [-0.25, -0.2) is 4.57 Å². The topological polar surface area (TPSA) is 117 Å². The lowest BCUT2D eigenvalue weighted by atomic mass is 9.86. The maximum Gasteiger partial charge on any atom is 0.307 e. The second kappa shape index (κ2) is 6.24. The molecule has 0 aliphatic heterocycles. The molecule has 28 heavy (non-hydrogen) atoms. The molecule has 0 fully saturated rings. The van der Waals surface area contributed by atoms with Gasteiger partial charge in [-0.15, -0.1) is 0 Å². The van der Waals surface area contributed by atoms with Crippen LogP contribution in [0.2, 0.25) is 5.02 Å². The maximum atomic E-state index is 12.8. The van der Waals surface area contributed by atoms with Crippen LogP contribution >= 0.6 is 11.6 Å². The molecular weight excluding hydrogens is 386 g/mol. The standard InChI is InChI=1S/C20H12ClNO6/c21-12-7-9(8-14(23)24)5-6-13(12)22-19(27)15-16(20(22)28)18(26)11-4-2-1-3-10(11)17(15)25/h1-7,27-28H,8H2,(H,23,24). The van der Waals surface area contributed by atoms with Crippen LogP contribution < -0.4 is 0 Å². The summed E-state index contributed by atoms with van der Waals surface area (Å²) in [5.74, 6) is -3.45. The van der Waals surface area contributed by atoms with Crippen LogP contribution in [-0.4, -0.2) is 37.4 Å². The lowest BCUT2D eigenvalue weighted by Gasteiger charge is -2.13. The van der Waals surface area contributed by atoms with E-state index in [1.165, 1.54) is 30.3 Å². The Kier molecular flexibility index (Phi) is 3.97. The number of rotatable bonds is 3. The fourth-order valence-corrected chi connectivity index (χ4v) is 3.66. The number of fused-ring (bicyclic) bond motifs is 2. The maximum absolute atomic E-state index is 12.8. The van der Waals surface area contributed by atoms with Gasteiger partial charge in [-0.3, -0.25) is 14.4 Å². The number of nitrogens with zero attached hydrogens (tertiary/aromatic N) is 1. The molecule has 0 saturated carbocycles. The number of ketones is 2. The number of carboxylic acid groups (broad SMARTS) is 1. The molecule has 0 unspecified atom stereocenters. The van der Waals surface area contributed by atoms with Crippen LogP contribution in [0.15, 0.2) is 42.5 Å². The molecule has 1 aliphatic rings. The van der Waals surface area contributed by atoms with Gasteiger partial charge in [0.15, 0.2) is 11.6 Å². The highest BCUT2D eigenvalue weighted by molar-refractivity contribution is 6.33. The van der Waals surface area contributed by atoms with Crippen molar-refractivity contribution in [1.29, 1.82) is 0 Å². The predicted octanol–water partition coefficient (Wildman–Crippen LogP) is 2.94. The second-order valence-electron chi connectivity index (χ2n) is 6.29. The molecular formula is C20H12ClNO6. The Morgan fingerprint density at radius 1 is 0.929 bits per heavy atom. The smallest absolute Gasteiger partial charge is 0.307 e. The van der Waals surface area contributed by atoms with E-state index in [2.05, 4.69) is 0 Å². The van der Waals surface area contributed by atoms with Crippen molar-refractivity contribution in [3.63, 3.8) is 0 Å². The van der Waals surface area contributed by atoms with E-state index in [-0.39, 0.29) is 39.4 Å². The van der Waals surface area contributed by atoms with Crippen LogP contribution in [0.1, 0.15) is 37.4 Å². The van der Waals surface area contributed by atoms with Crippen molar-refractivity contribution < 1.29 is 29.7 Å². The van der Waals surface area contributed by atoms with E-state index >= 15 is 0 Å². The zero-order chi connectivity index (χ0) is 20.2. The molecule has 0 bridgehead atoms. The molecule has 3 aromatic rings. The van der Waals surface area contributed by atoms with E-state index in [0.29, 0.717) is 5.56 Å². The molecule has 2 aromatic carbocycles. The fraction of sp³-hybridized carbons (Fsp3) is 0.0500. The Balaban J connectivity index is 1.92. The lowest BCUT2D eigenvalue weighted by Crippen LogP contribution is -2.19. The third kappa shape index (κ3) is 2.48. The van der Waals surface area contributed by atoms with Crippen molar-refractivity contribution >= 4 is 29.1 Å². The van der Waals surface area contributed by atoms with Crippen molar-refractivity contribution in [2.24, 2.45) is 0 Å². The van der Waals surface area contributed by atoms with E-state index in [4.69, 9.17) is 16.7 Å². The number of carbonyl (C=O) groups is 3. The van der Waals surface area contributed by atoms with E-state index < -0.39 is 29.3 Å².